The van der Waals surface area contributed by atoms with Gasteiger partial charge in [-0.05, 0) is 61.6 Å². The molecular formula is C22H27FN2O3S. The minimum Gasteiger partial charge on any atom is -0.349 e. The minimum atomic E-state index is -3.67. The number of hydrogen-bond acceptors (Lipinski definition) is 3. The number of nitrogens with one attached hydrogen (secondary N) is 1. The second kappa shape index (κ2) is 9.05. The van der Waals surface area contributed by atoms with Crippen molar-refractivity contribution >= 4 is 15.9 Å². The highest BCUT2D eigenvalue weighted by molar-refractivity contribution is 7.89. The molecule has 5 nitrogen and oxygen atoms in total. The van der Waals surface area contributed by atoms with Gasteiger partial charge < -0.3 is 5.32 Å². The van der Waals surface area contributed by atoms with Crippen LogP contribution in [0.4, 0.5) is 4.39 Å². The molecule has 0 aromatic heterocycles. The maximum Gasteiger partial charge on any atom is 0.243 e. The van der Waals surface area contributed by atoms with Gasteiger partial charge in [-0.25, -0.2) is 12.8 Å². The van der Waals surface area contributed by atoms with Crippen LogP contribution in [0.15, 0.2) is 53.4 Å². The van der Waals surface area contributed by atoms with Crippen LogP contribution in [0.3, 0.4) is 0 Å². The largest absolute Gasteiger partial charge is 0.349 e. The van der Waals surface area contributed by atoms with Gasteiger partial charge in [-0.3, -0.25) is 4.79 Å². The Kier molecular flexibility index (Phi) is 6.70. The summed E-state index contributed by atoms with van der Waals surface area (Å²) < 4.78 is 39.9. The van der Waals surface area contributed by atoms with Gasteiger partial charge in [0.1, 0.15) is 5.82 Å². The van der Waals surface area contributed by atoms with Crippen LogP contribution in [0.2, 0.25) is 0 Å². The van der Waals surface area contributed by atoms with Gasteiger partial charge in [-0.15, -0.1) is 0 Å². The van der Waals surface area contributed by atoms with Crippen molar-refractivity contribution in [2.24, 2.45) is 5.92 Å². The number of benzene rings is 2. The standard InChI is InChI=1S/C22H27FN2O3S/c1-3-21(20-7-5-4-6-16(20)2)24-22(26)17-12-14-25(15-13-17)29(27,28)19-10-8-18(23)9-11-19/h4-11,17,21H,3,12-15H2,1-2H3,(H,24,26). The maximum absolute atomic E-state index is 13.1. The summed E-state index contributed by atoms with van der Waals surface area (Å²) in [6.45, 7) is 4.62. The predicted octanol–water partition coefficient (Wildman–Crippen LogP) is 3.80. The Labute approximate surface area is 172 Å². The van der Waals surface area contributed by atoms with Crippen LogP contribution in [0.1, 0.15) is 43.4 Å². The lowest BCUT2D eigenvalue weighted by atomic mass is 9.94. The van der Waals surface area contributed by atoms with Crippen LogP contribution >= 0.6 is 0 Å². The van der Waals surface area contributed by atoms with E-state index < -0.39 is 15.8 Å². The van der Waals surface area contributed by atoms with E-state index in [4.69, 9.17) is 0 Å². The second-order valence-corrected chi connectivity index (χ2v) is 9.40. The molecule has 1 aliphatic rings. The first-order valence-corrected chi connectivity index (χ1v) is 11.4. The number of aryl methyl sites for hydroxylation is 1. The van der Waals surface area contributed by atoms with Gasteiger partial charge in [0, 0.05) is 19.0 Å². The fourth-order valence-electron chi connectivity index (χ4n) is 3.78. The lowest BCUT2D eigenvalue weighted by molar-refractivity contribution is -0.126. The number of carbonyl (C=O) groups is 1. The Morgan fingerprint density at radius 3 is 2.34 bits per heavy atom. The highest BCUT2D eigenvalue weighted by Crippen LogP contribution is 2.26. The molecule has 29 heavy (non-hydrogen) atoms. The molecule has 3 rings (SSSR count). The number of carbonyl (C=O) groups excluding carboxylic acids is 1. The van der Waals surface area contributed by atoms with E-state index in [9.17, 15) is 17.6 Å². The molecule has 0 bridgehead atoms. The quantitative estimate of drug-likeness (QED) is 0.776. The first-order valence-electron chi connectivity index (χ1n) is 9.94. The Balaban J connectivity index is 1.62. The molecule has 0 radical (unpaired) electrons. The molecule has 7 heteroatoms. The molecule has 0 saturated carbocycles. The average molecular weight is 419 g/mol. The highest BCUT2D eigenvalue weighted by Gasteiger charge is 2.32. The van der Waals surface area contributed by atoms with E-state index in [1.54, 1.807) is 0 Å². The number of rotatable bonds is 6. The molecule has 1 saturated heterocycles. The van der Waals surface area contributed by atoms with Crippen LogP contribution < -0.4 is 5.32 Å². The third kappa shape index (κ3) is 4.85. The molecule has 2 aromatic rings. The third-order valence-corrected chi connectivity index (χ3v) is 7.48. The molecule has 0 aliphatic carbocycles. The number of amides is 1. The van der Waals surface area contributed by atoms with E-state index in [1.165, 1.54) is 16.4 Å². The van der Waals surface area contributed by atoms with Gasteiger partial charge in [0.15, 0.2) is 0 Å². The molecule has 1 unspecified atom stereocenters. The van der Waals surface area contributed by atoms with E-state index in [-0.39, 0.29) is 35.9 Å². The van der Waals surface area contributed by atoms with Crippen LogP contribution in [0.5, 0.6) is 0 Å². The Bertz CT molecular complexity index is 952. The van der Waals surface area contributed by atoms with Gasteiger partial charge in [0.2, 0.25) is 15.9 Å². The fourth-order valence-corrected chi connectivity index (χ4v) is 5.25. The summed E-state index contributed by atoms with van der Waals surface area (Å²) >= 11 is 0. The number of nitrogens with zero attached hydrogens (tertiary/aromatic N) is 1. The molecule has 1 aliphatic heterocycles. The summed E-state index contributed by atoms with van der Waals surface area (Å²) in [6, 6.07) is 12.8. The van der Waals surface area contributed by atoms with Crippen molar-refractivity contribution < 1.29 is 17.6 Å². The summed E-state index contributed by atoms with van der Waals surface area (Å²) in [4.78, 5) is 12.9. The van der Waals surface area contributed by atoms with E-state index in [0.29, 0.717) is 12.8 Å². The number of hydrogen-bond donors (Lipinski definition) is 1. The molecular weight excluding hydrogens is 391 g/mol. The number of halogens is 1. The van der Waals surface area contributed by atoms with Crippen molar-refractivity contribution in [3.05, 3.63) is 65.5 Å². The Morgan fingerprint density at radius 1 is 1.14 bits per heavy atom. The van der Waals surface area contributed by atoms with E-state index >= 15 is 0 Å². The Morgan fingerprint density at radius 2 is 1.76 bits per heavy atom. The second-order valence-electron chi connectivity index (χ2n) is 7.46. The van der Waals surface area contributed by atoms with Crippen molar-refractivity contribution in [3.8, 4) is 0 Å². The molecule has 1 heterocycles. The SMILES string of the molecule is CCC(NC(=O)C1CCN(S(=O)(=O)c2ccc(F)cc2)CC1)c1ccccc1C. The van der Waals surface area contributed by atoms with Crippen molar-refractivity contribution in [2.45, 2.75) is 44.0 Å². The van der Waals surface area contributed by atoms with Crippen molar-refractivity contribution in [1.29, 1.82) is 0 Å². The maximum atomic E-state index is 13.1. The normalized spacial score (nSPS) is 17.1. The van der Waals surface area contributed by atoms with Gasteiger partial charge in [0.05, 0.1) is 10.9 Å². The van der Waals surface area contributed by atoms with E-state index in [2.05, 4.69) is 5.32 Å². The molecule has 0 spiro atoms. The first kappa shape index (κ1) is 21.5. The smallest absolute Gasteiger partial charge is 0.243 e. The molecule has 1 amide bonds. The topological polar surface area (TPSA) is 66.5 Å². The van der Waals surface area contributed by atoms with Crippen LogP contribution in [-0.4, -0.2) is 31.7 Å². The van der Waals surface area contributed by atoms with Crippen molar-refractivity contribution in [3.63, 3.8) is 0 Å². The van der Waals surface area contributed by atoms with Gasteiger partial charge in [-0.2, -0.15) is 4.31 Å². The molecule has 1 atom stereocenters. The first-order chi connectivity index (χ1) is 13.8. The molecule has 1 fully saturated rings. The zero-order valence-corrected chi connectivity index (χ0v) is 17.6. The third-order valence-electron chi connectivity index (χ3n) is 5.56. The minimum absolute atomic E-state index is 0.0288. The predicted molar refractivity (Wildman–Crippen MR) is 110 cm³/mol. The average Bonchev–Trinajstić information content (AvgIpc) is 2.73. The van der Waals surface area contributed by atoms with Crippen LogP contribution in [0.25, 0.3) is 0 Å². The zero-order chi connectivity index (χ0) is 21.0. The van der Waals surface area contributed by atoms with Crippen LogP contribution in [-0.2, 0) is 14.8 Å². The molecule has 2 aromatic carbocycles. The van der Waals surface area contributed by atoms with Crippen molar-refractivity contribution in [1.82, 2.24) is 9.62 Å². The monoisotopic (exact) mass is 418 g/mol. The van der Waals surface area contributed by atoms with Gasteiger partial charge >= 0.3 is 0 Å². The summed E-state index contributed by atoms with van der Waals surface area (Å²) in [5, 5.41) is 3.14. The van der Waals surface area contributed by atoms with E-state index in [1.807, 2.05) is 38.1 Å². The lowest BCUT2D eigenvalue weighted by Crippen LogP contribution is -2.43. The fraction of sp³-hybridized carbons (Fsp3) is 0.409. The van der Waals surface area contributed by atoms with E-state index in [0.717, 1.165) is 29.7 Å². The summed E-state index contributed by atoms with van der Waals surface area (Å²) in [5.41, 5.74) is 2.25. The zero-order valence-electron chi connectivity index (χ0n) is 16.8. The van der Waals surface area contributed by atoms with Crippen LogP contribution in [0, 0.1) is 18.7 Å². The molecule has 156 valence electrons. The molecule has 1 N–H and O–H groups in total. The summed E-state index contributed by atoms with van der Waals surface area (Å²) in [6.07, 6.45) is 1.72. The summed E-state index contributed by atoms with van der Waals surface area (Å²) in [7, 11) is -3.67. The number of piperidine rings is 1. The summed E-state index contributed by atoms with van der Waals surface area (Å²) in [5.74, 6) is -0.717. The van der Waals surface area contributed by atoms with Gasteiger partial charge in [0.25, 0.3) is 0 Å². The van der Waals surface area contributed by atoms with Crippen molar-refractivity contribution in [2.75, 3.05) is 13.1 Å². The Hall–Kier alpha value is -2.25. The highest BCUT2D eigenvalue weighted by atomic mass is 32.2. The van der Waals surface area contributed by atoms with Gasteiger partial charge in [-0.1, -0.05) is 31.2 Å². The lowest BCUT2D eigenvalue weighted by Gasteiger charge is -2.31. The number of sulfonamides is 1.